The Morgan fingerprint density at radius 2 is 2.24 bits per heavy atom. The van der Waals surface area contributed by atoms with E-state index in [4.69, 9.17) is 4.74 Å². The van der Waals surface area contributed by atoms with E-state index in [1.807, 2.05) is 7.05 Å². The molecule has 17 heavy (non-hydrogen) atoms. The van der Waals surface area contributed by atoms with Gasteiger partial charge in [-0.2, -0.15) is 0 Å². The normalized spacial score (nSPS) is 23.4. The summed E-state index contributed by atoms with van der Waals surface area (Å²) in [6, 6.07) is 4.96. The summed E-state index contributed by atoms with van der Waals surface area (Å²) in [4.78, 5) is 0. The summed E-state index contributed by atoms with van der Waals surface area (Å²) in [5.41, 5.74) is 0.938. The molecule has 0 spiro atoms. The van der Waals surface area contributed by atoms with Crippen LogP contribution in [0.4, 0.5) is 4.39 Å². The van der Waals surface area contributed by atoms with E-state index in [1.54, 1.807) is 12.1 Å². The molecule has 0 saturated heterocycles. The molecule has 0 fully saturated rings. The summed E-state index contributed by atoms with van der Waals surface area (Å²) in [5, 5.41) is 3.24. The summed E-state index contributed by atoms with van der Waals surface area (Å²) in [6.07, 6.45) is 2.17. The molecule has 0 amide bonds. The molecule has 0 radical (unpaired) electrons. The van der Waals surface area contributed by atoms with Gasteiger partial charge < -0.3 is 10.1 Å². The van der Waals surface area contributed by atoms with Crippen LogP contribution in [0.2, 0.25) is 0 Å². The summed E-state index contributed by atoms with van der Waals surface area (Å²) in [5.74, 6) is 1.23. The lowest BCUT2D eigenvalue weighted by Gasteiger charge is -2.33. The van der Waals surface area contributed by atoms with Crippen LogP contribution >= 0.6 is 0 Å². The van der Waals surface area contributed by atoms with Gasteiger partial charge in [0.1, 0.15) is 17.7 Å². The predicted octanol–water partition coefficient (Wildman–Crippen LogP) is 3.28. The van der Waals surface area contributed by atoms with E-state index in [0.717, 1.165) is 24.2 Å². The number of nitrogens with one attached hydrogen (secondary N) is 1. The van der Waals surface area contributed by atoms with E-state index < -0.39 is 0 Å². The van der Waals surface area contributed by atoms with E-state index in [9.17, 15) is 4.39 Å². The number of rotatable bonds is 3. The van der Waals surface area contributed by atoms with Crippen molar-refractivity contribution in [2.24, 2.45) is 5.92 Å². The SMILES string of the molecule is CNC1CC(CC(C)C)Oc2ccc(F)cc21. The summed E-state index contributed by atoms with van der Waals surface area (Å²) >= 11 is 0. The van der Waals surface area contributed by atoms with Crippen molar-refractivity contribution in [3.8, 4) is 5.75 Å². The van der Waals surface area contributed by atoms with Gasteiger partial charge in [0.25, 0.3) is 0 Å². The van der Waals surface area contributed by atoms with Gasteiger partial charge in [-0.25, -0.2) is 4.39 Å². The van der Waals surface area contributed by atoms with E-state index in [0.29, 0.717) is 5.92 Å². The second-order valence-electron chi connectivity index (χ2n) is 5.13. The Morgan fingerprint density at radius 3 is 2.88 bits per heavy atom. The first-order valence-electron chi connectivity index (χ1n) is 6.23. The Labute approximate surface area is 102 Å². The predicted molar refractivity (Wildman–Crippen MR) is 66.7 cm³/mol. The minimum absolute atomic E-state index is 0.193. The first-order valence-corrected chi connectivity index (χ1v) is 6.23. The molecule has 94 valence electrons. The van der Waals surface area contributed by atoms with Crippen LogP contribution in [0.1, 0.15) is 38.3 Å². The molecular formula is C14H20FNO. The lowest BCUT2D eigenvalue weighted by Crippen LogP contribution is -2.32. The summed E-state index contributed by atoms with van der Waals surface area (Å²) < 4.78 is 19.2. The molecule has 0 bridgehead atoms. The third-order valence-electron chi connectivity index (χ3n) is 3.22. The Kier molecular flexibility index (Phi) is 3.67. The van der Waals surface area contributed by atoms with Crippen LogP contribution in [0.3, 0.4) is 0 Å². The Hall–Kier alpha value is -1.09. The third-order valence-corrected chi connectivity index (χ3v) is 3.22. The maximum atomic E-state index is 13.2. The van der Waals surface area contributed by atoms with Crippen LogP contribution < -0.4 is 10.1 Å². The van der Waals surface area contributed by atoms with Crippen molar-refractivity contribution in [2.75, 3.05) is 7.05 Å². The summed E-state index contributed by atoms with van der Waals surface area (Å²) in [6.45, 7) is 4.38. The fourth-order valence-corrected chi connectivity index (χ4v) is 2.46. The van der Waals surface area contributed by atoms with Crippen molar-refractivity contribution in [2.45, 2.75) is 38.8 Å². The standard InChI is InChI=1S/C14H20FNO/c1-9(2)6-11-8-13(16-3)12-7-10(15)4-5-14(12)17-11/h4-5,7,9,11,13,16H,6,8H2,1-3H3. The van der Waals surface area contributed by atoms with Crippen molar-refractivity contribution in [1.29, 1.82) is 0 Å². The van der Waals surface area contributed by atoms with Gasteiger partial charge in [0.2, 0.25) is 0 Å². The molecule has 2 rings (SSSR count). The van der Waals surface area contributed by atoms with Crippen LogP contribution in [0.5, 0.6) is 5.75 Å². The first-order chi connectivity index (χ1) is 8.10. The molecular weight excluding hydrogens is 217 g/mol. The zero-order chi connectivity index (χ0) is 12.4. The van der Waals surface area contributed by atoms with Crippen molar-refractivity contribution >= 4 is 0 Å². The second-order valence-corrected chi connectivity index (χ2v) is 5.13. The van der Waals surface area contributed by atoms with Gasteiger partial charge >= 0.3 is 0 Å². The van der Waals surface area contributed by atoms with Gasteiger partial charge in [0.15, 0.2) is 0 Å². The molecule has 2 atom stereocenters. The van der Waals surface area contributed by atoms with Crippen molar-refractivity contribution in [3.63, 3.8) is 0 Å². The average molecular weight is 237 g/mol. The van der Waals surface area contributed by atoms with Gasteiger partial charge in [-0.15, -0.1) is 0 Å². The highest BCUT2D eigenvalue weighted by atomic mass is 19.1. The average Bonchev–Trinajstić information content (AvgIpc) is 2.27. The van der Waals surface area contributed by atoms with Gasteiger partial charge in [-0.1, -0.05) is 13.8 Å². The molecule has 0 saturated carbocycles. The maximum absolute atomic E-state index is 13.2. The molecule has 2 nitrogen and oxygen atoms in total. The fourth-order valence-electron chi connectivity index (χ4n) is 2.46. The fraction of sp³-hybridized carbons (Fsp3) is 0.571. The molecule has 1 aliphatic heterocycles. The van der Waals surface area contributed by atoms with Crippen molar-refractivity contribution in [1.82, 2.24) is 5.32 Å². The number of benzene rings is 1. The van der Waals surface area contributed by atoms with Gasteiger partial charge in [0, 0.05) is 18.0 Å². The molecule has 3 heteroatoms. The smallest absolute Gasteiger partial charge is 0.124 e. The highest BCUT2D eigenvalue weighted by molar-refractivity contribution is 5.38. The van der Waals surface area contributed by atoms with Crippen molar-refractivity contribution in [3.05, 3.63) is 29.6 Å². The van der Waals surface area contributed by atoms with Gasteiger partial charge in [-0.05, 0) is 37.6 Å². The Balaban J connectivity index is 2.23. The van der Waals surface area contributed by atoms with Gasteiger partial charge in [-0.3, -0.25) is 0 Å². The van der Waals surface area contributed by atoms with Crippen LogP contribution in [-0.2, 0) is 0 Å². The maximum Gasteiger partial charge on any atom is 0.124 e. The number of halogens is 1. The molecule has 1 aromatic rings. The van der Waals surface area contributed by atoms with Crippen LogP contribution in [-0.4, -0.2) is 13.2 Å². The summed E-state index contributed by atoms with van der Waals surface area (Å²) in [7, 11) is 1.91. The number of ether oxygens (including phenoxy) is 1. The van der Waals surface area contributed by atoms with Gasteiger partial charge in [0.05, 0.1) is 0 Å². The molecule has 2 unspecified atom stereocenters. The second kappa shape index (κ2) is 5.05. The van der Waals surface area contributed by atoms with Crippen LogP contribution in [0.25, 0.3) is 0 Å². The minimum atomic E-state index is -0.199. The lowest BCUT2D eigenvalue weighted by molar-refractivity contribution is 0.129. The van der Waals surface area contributed by atoms with Crippen LogP contribution in [0.15, 0.2) is 18.2 Å². The highest BCUT2D eigenvalue weighted by Crippen LogP contribution is 2.36. The largest absolute Gasteiger partial charge is 0.490 e. The molecule has 1 aromatic carbocycles. The monoisotopic (exact) mass is 237 g/mol. The Morgan fingerprint density at radius 1 is 1.47 bits per heavy atom. The third kappa shape index (κ3) is 2.78. The number of hydrogen-bond acceptors (Lipinski definition) is 2. The minimum Gasteiger partial charge on any atom is -0.490 e. The molecule has 1 heterocycles. The highest BCUT2D eigenvalue weighted by Gasteiger charge is 2.27. The molecule has 0 aromatic heterocycles. The molecule has 0 aliphatic carbocycles. The molecule has 1 N–H and O–H groups in total. The topological polar surface area (TPSA) is 21.3 Å². The zero-order valence-electron chi connectivity index (χ0n) is 10.7. The van der Waals surface area contributed by atoms with Crippen molar-refractivity contribution < 1.29 is 9.13 Å². The quantitative estimate of drug-likeness (QED) is 0.871. The van der Waals surface area contributed by atoms with E-state index >= 15 is 0 Å². The van der Waals surface area contributed by atoms with Crippen LogP contribution in [0, 0.1) is 11.7 Å². The zero-order valence-corrected chi connectivity index (χ0v) is 10.7. The van der Waals surface area contributed by atoms with E-state index in [-0.39, 0.29) is 18.0 Å². The van der Waals surface area contributed by atoms with E-state index in [1.165, 1.54) is 6.07 Å². The Bertz CT molecular complexity index is 392. The molecule has 1 aliphatic rings. The van der Waals surface area contributed by atoms with E-state index in [2.05, 4.69) is 19.2 Å². The number of hydrogen-bond donors (Lipinski definition) is 1. The number of fused-ring (bicyclic) bond motifs is 1. The first kappa shape index (κ1) is 12.4. The lowest BCUT2D eigenvalue weighted by atomic mass is 9.92.